The third-order valence-corrected chi connectivity index (χ3v) is 4.82. The van der Waals surface area contributed by atoms with E-state index in [1.165, 1.54) is 11.8 Å². The number of hydrogen-bond acceptors (Lipinski definition) is 5. The number of piperazine rings is 1. The summed E-state index contributed by atoms with van der Waals surface area (Å²) in [4.78, 5) is 16.8. The van der Waals surface area contributed by atoms with E-state index in [-0.39, 0.29) is 11.5 Å². The van der Waals surface area contributed by atoms with Gasteiger partial charge in [0.25, 0.3) is 5.91 Å². The summed E-state index contributed by atoms with van der Waals surface area (Å²) in [6.45, 7) is 6.13. The number of ether oxygens (including phenoxy) is 1. The average molecular weight is 390 g/mol. The second kappa shape index (κ2) is 10.3. The van der Waals surface area contributed by atoms with Gasteiger partial charge in [-0.15, -0.1) is 0 Å². The predicted octanol–water partition coefficient (Wildman–Crippen LogP) is 3.25. The summed E-state index contributed by atoms with van der Waals surface area (Å²) in [6, 6.07) is 19.8. The molecule has 150 valence electrons. The number of hydrogen-bond donors (Lipinski definition) is 1. The molecule has 29 heavy (non-hydrogen) atoms. The number of carbonyl (C=O) groups is 1. The highest BCUT2D eigenvalue weighted by atomic mass is 16.5. The van der Waals surface area contributed by atoms with Crippen molar-refractivity contribution in [1.82, 2.24) is 9.80 Å². The maximum atomic E-state index is 12.8. The topological polar surface area (TPSA) is 68.6 Å². The number of amides is 1. The first-order chi connectivity index (χ1) is 14.2. The van der Waals surface area contributed by atoms with E-state index in [0.29, 0.717) is 25.4 Å². The standard InChI is InChI=1S/C23H26N4O2/c1-2-29-22-11-7-6-10-21(22)25-17-20(16-24)23(28)27-14-12-26(13-15-27)18-19-8-4-3-5-9-19/h3-11,17,25H,2,12-15,18H2,1H3/b20-17-. The van der Waals surface area contributed by atoms with Crippen LogP contribution in [0.15, 0.2) is 66.4 Å². The monoisotopic (exact) mass is 390 g/mol. The van der Waals surface area contributed by atoms with Gasteiger partial charge in [0.05, 0.1) is 12.3 Å². The van der Waals surface area contributed by atoms with Gasteiger partial charge in [-0.2, -0.15) is 5.26 Å². The van der Waals surface area contributed by atoms with Crippen molar-refractivity contribution in [2.45, 2.75) is 13.5 Å². The van der Waals surface area contributed by atoms with Gasteiger partial charge in [-0.25, -0.2) is 0 Å². The van der Waals surface area contributed by atoms with E-state index < -0.39 is 0 Å². The first-order valence-corrected chi connectivity index (χ1v) is 9.85. The van der Waals surface area contributed by atoms with Gasteiger partial charge in [-0.1, -0.05) is 42.5 Å². The predicted molar refractivity (Wildman–Crippen MR) is 113 cm³/mol. The number of carbonyl (C=O) groups excluding carboxylic acids is 1. The molecule has 0 aromatic heterocycles. The Hall–Kier alpha value is -3.30. The van der Waals surface area contributed by atoms with E-state index in [1.807, 2.05) is 55.5 Å². The van der Waals surface area contributed by atoms with Gasteiger partial charge in [0.1, 0.15) is 17.4 Å². The van der Waals surface area contributed by atoms with Crippen LogP contribution in [0.4, 0.5) is 5.69 Å². The zero-order valence-electron chi connectivity index (χ0n) is 16.7. The Morgan fingerprint density at radius 1 is 1.10 bits per heavy atom. The minimum Gasteiger partial charge on any atom is -0.492 e. The minimum atomic E-state index is -0.242. The van der Waals surface area contributed by atoms with Gasteiger partial charge in [0, 0.05) is 38.9 Å². The van der Waals surface area contributed by atoms with Crippen LogP contribution in [0, 0.1) is 11.3 Å². The number of nitrogens with zero attached hydrogens (tertiary/aromatic N) is 3. The number of rotatable bonds is 7. The normalized spacial score (nSPS) is 14.9. The number of nitrogens with one attached hydrogen (secondary N) is 1. The Morgan fingerprint density at radius 2 is 1.79 bits per heavy atom. The van der Waals surface area contributed by atoms with Crippen molar-refractivity contribution >= 4 is 11.6 Å². The lowest BCUT2D eigenvalue weighted by atomic mass is 10.2. The molecule has 3 rings (SSSR count). The summed E-state index contributed by atoms with van der Waals surface area (Å²) in [5, 5.41) is 12.5. The molecule has 1 fully saturated rings. The quantitative estimate of drug-likeness (QED) is 0.581. The second-order valence-corrected chi connectivity index (χ2v) is 6.80. The number of anilines is 1. The SMILES string of the molecule is CCOc1ccccc1N/C=C(/C#N)C(=O)N1CCN(Cc2ccccc2)CC1. The minimum absolute atomic E-state index is 0.0906. The van der Waals surface area contributed by atoms with Crippen molar-refractivity contribution in [2.24, 2.45) is 0 Å². The third-order valence-electron chi connectivity index (χ3n) is 4.82. The molecule has 0 spiro atoms. The molecule has 1 aliphatic rings. The molecule has 6 nitrogen and oxygen atoms in total. The molecule has 0 unspecified atom stereocenters. The molecule has 1 N–H and O–H groups in total. The van der Waals surface area contributed by atoms with E-state index in [4.69, 9.17) is 4.74 Å². The first-order valence-electron chi connectivity index (χ1n) is 9.85. The highest BCUT2D eigenvalue weighted by Gasteiger charge is 2.23. The molecule has 1 amide bonds. The van der Waals surface area contributed by atoms with Crippen molar-refractivity contribution < 1.29 is 9.53 Å². The summed E-state index contributed by atoms with van der Waals surface area (Å²) in [6.07, 6.45) is 1.47. The Labute approximate surface area is 172 Å². The number of benzene rings is 2. The van der Waals surface area contributed by atoms with Gasteiger partial charge in [-0.05, 0) is 24.6 Å². The summed E-state index contributed by atoms with van der Waals surface area (Å²) in [5.74, 6) is 0.443. The average Bonchev–Trinajstić information content (AvgIpc) is 2.76. The lowest BCUT2D eigenvalue weighted by Crippen LogP contribution is -2.48. The molecule has 1 saturated heterocycles. The van der Waals surface area contributed by atoms with Crippen LogP contribution in [-0.4, -0.2) is 48.5 Å². The maximum absolute atomic E-state index is 12.8. The molecule has 2 aromatic carbocycles. The molecule has 0 saturated carbocycles. The highest BCUT2D eigenvalue weighted by Crippen LogP contribution is 2.24. The van der Waals surface area contributed by atoms with Crippen LogP contribution in [-0.2, 0) is 11.3 Å². The van der Waals surface area contributed by atoms with Crippen molar-refractivity contribution in [3.8, 4) is 11.8 Å². The molecule has 0 atom stereocenters. The van der Waals surface area contributed by atoms with E-state index in [1.54, 1.807) is 4.90 Å². The largest absolute Gasteiger partial charge is 0.492 e. The summed E-state index contributed by atoms with van der Waals surface area (Å²) in [5.41, 5.74) is 2.08. The van der Waals surface area contributed by atoms with Crippen molar-refractivity contribution in [3.63, 3.8) is 0 Å². The van der Waals surface area contributed by atoms with E-state index in [2.05, 4.69) is 22.3 Å². The Balaban J connectivity index is 1.58. The first kappa shape index (κ1) is 20.4. The number of para-hydroxylation sites is 2. The molecule has 0 aliphatic carbocycles. The van der Waals surface area contributed by atoms with Crippen LogP contribution in [0.1, 0.15) is 12.5 Å². The smallest absolute Gasteiger partial charge is 0.266 e. The van der Waals surface area contributed by atoms with Crippen molar-refractivity contribution in [2.75, 3.05) is 38.1 Å². The molecule has 1 heterocycles. The van der Waals surface area contributed by atoms with Gasteiger partial charge in [-0.3, -0.25) is 9.69 Å². The van der Waals surface area contributed by atoms with Gasteiger partial charge < -0.3 is 15.0 Å². The zero-order valence-corrected chi connectivity index (χ0v) is 16.7. The Bertz CT molecular complexity index is 881. The molecular weight excluding hydrogens is 364 g/mol. The van der Waals surface area contributed by atoms with Crippen LogP contribution in [0.5, 0.6) is 5.75 Å². The second-order valence-electron chi connectivity index (χ2n) is 6.80. The van der Waals surface area contributed by atoms with Crippen LogP contribution in [0.2, 0.25) is 0 Å². The molecular formula is C23H26N4O2. The van der Waals surface area contributed by atoms with E-state index >= 15 is 0 Å². The fourth-order valence-electron chi connectivity index (χ4n) is 3.28. The van der Waals surface area contributed by atoms with E-state index in [0.717, 1.165) is 25.3 Å². The van der Waals surface area contributed by atoms with Gasteiger partial charge in [0.2, 0.25) is 0 Å². The van der Waals surface area contributed by atoms with Crippen LogP contribution < -0.4 is 10.1 Å². The molecule has 0 radical (unpaired) electrons. The molecule has 1 aliphatic heterocycles. The third kappa shape index (κ3) is 5.59. The highest BCUT2D eigenvalue weighted by molar-refractivity contribution is 5.97. The van der Waals surface area contributed by atoms with Crippen LogP contribution in [0.3, 0.4) is 0 Å². The fourth-order valence-corrected chi connectivity index (χ4v) is 3.28. The van der Waals surface area contributed by atoms with E-state index in [9.17, 15) is 10.1 Å². The summed E-state index contributed by atoms with van der Waals surface area (Å²) in [7, 11) is 0. The van der Waals surface area contributed by atoms with Gasteiger partial charge in [0.15, 0.2) is 0 Å². The van der Waals surface area contributed by atoms with Crippen molar-refractivity contribution in [3.05, 3.63) is 71.9 Å². The molecule has 6 heteroatoms. The lowest BCUT2D eigenvalue weighted by molar-refractivity contribution is -0.128. The van der Waals surface area contributed by atoms with Crippen LogP contribution in [0.25, 0.3) is 0 Å². The maximum Gasteiger partial charge on any atom is 0.266 e. The Morgan fingerprint density at radius 3 is 2.48 bits per heavy atom. The summed E-state index contributed by atoms with van der Waals surface area (Å²) < 4.78 is 5.56. The van der Waals surface area contributed by atoms with Crippen molar-refractivity contribution in [1.29, 1.82) is 5.26 Å². The van der Waals surface area contributed by atoms with Crippen LogP contribution >= 0.6 is 0 Å². The number of nitriles is 1. The van der Waals surface area contributed by atoms with Gasteiger partial charge >= 0.3 is 0 Å². The molecule has 2 aromatic rings. The fraction of sp³-hybridized carbons (Fsp3) is 0.304. The summed E-state index contributed by atoms with van der Waals surface area (Å²) >= 11 is 0. The lowest BCUT2D eigenvalue weighted by Gasteiger charge is -2.34. The zero-order chi connectivity index (χ0) is 20.5. The Kier molecular flexibility index (Phi) is 7.26. The molecule has 0 bridgehead atoms.